The summed E-state index contributed by atoms with van der Waals surface area (Å²) in [5, 5.41) is 4.36. The molecule has 5 rings (SSSR count). The first-order chi connectivity index (χ1) is 15.2. The summed E-state index contributed by atoms with van der Waals surface area (Å²) in [5.74, 6) is 1.74. The van der Waals surface area contributed by atoms with Gasteiger partial charge in [-0.1, -0.05) is 24.3 Å². The Balaban J connectivity index is 1.68. The van der Waals surface area contributed by atoms with E-state index in [1.165, 1.54) is 0 Å². The molecule has 4 aromatic rings. The number of ether oxygens (including phenoxy) is 2. The Morgan fingerprint density at radius 3 is 2.68 bits per heavy atom. The van der Waals surface area contributed by atoms with Crippen LogP contribution in [0.25, 0.3) is 22.3 Å². The van der Waals surface area contributed by atoms with Crippen molar-refractivity contribution in [2.45, 2.75) is 0 Å². The molecule has 1 aliphatic heterocycles. The first-order valence-electron chi connectivity index (χ1n) is 9.78. The zero-order valence-corrected chi connectivity index (χ0v) is 16.5. The molecule has 154 valence electrons. The van der Waals surface area contributed by atoms with E-state index in [1.807, 2.05) is 66.7 Å². The Labute approximate surface area is 177 Å². The van der Waals surface area contributed by atoms with E-state index in [4.69, 9.17) is 24.6 Å². The second kappa shape index (κ2) is 7.97. The lowest BCUT2D eigenvalue weighted by Crippen LogP contribution is -2.21. The van der Waals surface area contributed by atoms with E-state index in [9.17, 15) is 4.79 Å². The standard InChI is InChI=1S/C24H19N3O4/c25-13-24(28)27-18-7-3-2-6-17(18)26-19-12-22(31-20-8-4-1-5-16(19)20)15-9-10-21-23(11-15)30-14-29-21/h1-12H,13-14,25H2,(H,27,28)/b26-19+. The van der Waals surface area contributed by atoms with Crippen molar-refractivity contribution in [3.8, 4) is 22.8 Å². The predicted molar refractivity (Wildman–Crippen MR) is 117 cm³/mol. The van der Waals surface area contributed by atoms with Gasteiger partial charge in [-0.05, 0) is 42.5 Å². The SMILES string of the molecule is NCC(=O)Nc1ccccc1/N=c1\cc(-c2ccc3c(c2)OCO3)oc2ccccc12. The fourth-order valence-electron chi connectivity index (χ4n) is 3.41. The van der Waals surface area contributed by atoms with Gasteiger partial charge in [-0.25, -0.2) is 4.99 Å². The number of carbonyl (C=O) groups excluding carboxylic acids is 1. The molecule has 0 spiro atoms. The number of hydrogen-bond donors (Lipinski definition) is 2. The zero-order chi connectivity index (χ0) is 21.2. The van der Waals surface area contributed by atoms with Gasteiger partial charge >= 0.3 is 0 Å². The lowest BCUT2D eigenvalue weighted by Gasteiger charge is -2.08. The lowest BCUT2D eigenvalue weighted by atomic mass is 10.1. The summed E-state index contributed by atoms with van der Waals surface area (Å²) in [7, 11) is 0. The Morgan fingerprint density at radius 2 is 1.77 bits per heavy atom. The van der Waals surface area contributed by atoms with Gasteiger partial charge in [-0.3, -0.25) is 4.79 Å². The van der Waals surface area contributed by atoms with Crippen molar-refractivity contribution in [2.24, 2.45) is 10.7 Å². The number of rotatable bonds is 4. The Hall–Kier alpha value is -4.10. The molecule has 1 aromatic heterocycles. The van der Waals surface area contributed by atoms with Gasteiger partial charge in [0.1, 0.15) is 11.3 Å². The average Bonchev–Trinajstić information content (AvgIpc) is 3.28. The molecule has 2 heterocycles. The highest BCUT2D eigenvalue weighted by molar-refractivity contribution is 5.94. The molecule has 1 aliphatic rings. The van der Waals surface area contributed by atoms with Crippen LogP contribution in [0.1, 0.15) is 0 Å². The number of amides is 1. The van der Waals surface area contributed by atoms with E-state index in [0.29, 0.717) is 39.6 Å². The highest BCUT2D eigenvalue weighted by Gasteiger charge is 2.15. The number of nitrogens with zero attached hydrogens (tertiary/aromatic N) is 1. The monoisotopic (exact) mass is 413 g/mol. The molecule has 7 heteroatoms. The summed E-state index contributed by atoms with van der Waals surface area (Å²) in [6.45, 7) is 0.106. The molecule has 3 aromatic carbocycles. The van der Waals surface area contributed by atoms with E-state index in [-0.39, 0.29) is 19.2 Å². The highest BCUT2D eigenvalue weighted by atomic mass is 16.7. The van der Waals surface area contributed by atoms with Crippen LogP contribution in [0, 0.1) is 0 Å². The molecular weight excluding hydrogens is 394 g/mol. The number of hydrogen-bond acceptors (Lipinski definition) is 6. The van der Waals surface area contributed by atoms with Crippen molar-refractivity contribution in [1.29, 1.82) is 0 Å². The van der Waals surface area contributed by atoms with Crippen molar-refractivity contribution in [3.63, 3.8) is 0 Å². The van der Waals surface area contributed by atoms with Gasteiger partial charge in [-0.2, -0.15) is 0 Å². The second-order valence-electron chi connectivity index (χ2n) is 6.94. The zero-order valence-electron chi connectivity index (χ0n) is 16.5. The molecular formula is C24H19N3O4. The van der Waals surface area contributed by atoms with E-state index < -0.39 is 0 Å². The van der Waals surface area contributed by atoms with Gasteiger partial charge in [0.2, 0.25) is 12.7 Å². The Bertz CT molecular complexity index is 1360. The number of nitrogens with one attached hydrogen (secondary N) is 1. The number of benzene rings is 3. The fraction of sp³-hybridized carbons (Fsp3) is 0.0833. The second-order valence-corrected chi connectivity index (χ2v) is 6.94. The van der Waals surface area contributed by atoms with Crippen LogP contribution in [0.3, 0.4) is 0 Å². The Morgan fingerprint density at radius 1 is 0.968 bits per heavy atom. The van der Waals surface area contributed by atoms with E-state index in [1.54, 1.807) is 6.07 Å². The minimum absolute atomic E-state index is 0.101. The highest BCUT2D eigenvalue weighted by Crippen LogP contribution is 2.36. The molecule has 0 unspecified atom stereocenters. The summed E-state index contributed by atoms with van der Waals surface area (Å²) >= 11 is 0. The van der Waals surface area contributed by atoms with E-state index in [0.717, 1.165) is 10.9 Å². The summed E-state index contributed by atoms with van der Waals surface area (Å²) < 4.78 is 17.1. The number of fused-ring (bicyclic) bond motifs is 2. The van der Waals surface area contributed by atoms with Crippen LogP contribution in [0.5, 0.6) is 11.5 Å². The molecule has 0 fully saturated rings. The van der Waals surface area contributed by atoms with Crippen molar-refractivity contribution >= 4 is 28.3 Å². The van der Waals surface area contributed by atoms with Gasteiger partial charge in [-0.15, -0.1) is 0 Å². The summed E-state index contributed by atoms with van der Waals surface area (Å²) in [5.41, 5.74) is 8.20. The quantitative estimate of drug-likeness (QED) is 0.528. The molecule has 0 atom stereocenters. The van der Waals surface area contributed by atoms with Crippen molar-refractivity contribution in [1.82, 2.24) is 0 Å². The van der Waals surface area contributed by atoms with E-state index >= 15 is 0 Å². The molecule has 0 saturated carbocycles. The minimum atomic E-state index is -0.281. The summed E-state index contributed by atoms with van der Waals surface area (Å²) in [4.78, 5) is 16.7. The molecule has 0 saturated heterocycles. The van der Waals surface area contributed by atoms with Crippen molar-refractivity contribution in [3.05, 3.63) is 78.2 Å². The predicted octanol–water partition coefficient (Wildman–Crippen LogP) is 3.96. The van der Waals surface area contributed by atoms with Crippen molar-refractivity contribution in [2.75, 3.05) is 18.7 Å². The molecule has 1 amide bonds. The maximum absolute atomic E-state index is 11.8. The largest absolute Gasteiger partial charge is 0.456 e. The Kier molecular flexibility index (Phi) is 4.86. The summed E-state index contributed by atoms with van der Waals surface area (Å²) in [6, 6.07) is 22.6. The maximum atomic E-state index is 11.8. The lowest BCUT2D eigenvalue weighted by molar-refractivity contribution is -0.114. The first-order valence-corrected chi connectivity index (χ1v) is 9.78. The smallest absolute Gasteiger partial charge is 0.238 e. The van der Waals surface area contributed by atoms with Crippen LogP contribution in [0.2, 0.25) is 0 Å². The van der Waals surface area contributed by atoms with Crippen LogP contribution < -0.4 is 25.9 Å². The van der Waals surface area contributed by atoms with Crippen LogP contribution in [0.4, 0.5) is 11.4 Å². The number of para-hydroxylation sites is 3. The first kappa shape index (κ1) is 18.9. The molecule has 0 aliphatic carbocycles. The van der Waals surface area contributed by atoms with Gasteiger partial charge in [0, 0.05) is 17.0 Å². The van der Waals surface area contributed by atoms with Gasteiger partial charge in [0.25, 0.3) is 0 Å². The molecule has 3 N–H and O–H groups in total. The van der Waals surface area contributed by atoms with Crippen molar-refractivity contribution < 1.29 is 18.7 Å². The van der Waals surface area contributed by atoms with Gasteiger partial charge in [0.15, 0.2) is 11.5 Å². The fourth-order valence-corrected chi connectivity index (χ4v) is 3.41. The van der Waals surface area contributed by atoms with Gasteiger partial charge < -0.3 is 24.9 Å². The number of anilines is 1. The summed E-state index contributed by atoms with van der Waals surface area (Å²) in [6.07, 6.45) is 0. The number of carbonyl (C=O) groups is 1. The molecule has 7 nitrogen and oxygen atoms in total. The molecule has 0 radical (unpaired) electrons. The van der Waals surface area contributed by atoms with Crippen LogP contribution >= 0.6 is 0 Å². The number of nitrogens with two attached hydrogens (primary N) is 1. The third-order valence-electron chi connectivity index (χ3n) is 4.91. The maximum Gasteiger partial charge on any atom is 0.238 e. The average molecular weight is 413 g/mol. The molecule has 0 bridgehead atoms. The van der Waals surface area contributed by atoms with Gasteiger partial charge in [0.05, 0.1) is 23.3 Å². The minimum Gasteiger partial charge on any atom is -0.456 e. The van der Waals surface area contributed by atoms with E-state index in [2.05, 4.69) is 5.32 Å². The van der Waals surface area contributed by atoms with Crippen LogP contribution in [-0.2, 0) is 4.79 Å². The third kappa shape index (κ3) is 3.74. The third-order valence-corrected chi connectivity index (χ3v) is 4.91. The normalized spacial score (nSPS) is 12.9. The topological polar surface area (TPSA) is 99.1 Å². The molecule has 31 heavy (non-hydrogen) atoms. The van der Waals surface area contributed by atoms with Crippen LogP contribution in [-0.4, -0.2) is 19.2 Å². The van der Waals surface area contributed by atoms with Crippen LogP contribution in [0.15, 0.2) is 82.2 Å².